The number of anilines is 1. The maximum Gasteiger partial charge on any atom is 0.416 e. The van der Waals surface area contributed by atoms with Crippen LogP contribution in [0.25, 0.3) is 0 Å². The molecule has 0 aliphatic carbocycles. The van der Waals surface area contributed by atoms with Crippen molar-refractivity contribution in [1.82, 2.24) is 10.2 Å². The van der Waals surface area contributed by atoms with Crippen LogP contribution in [-0.4, -0.2) is 57.1 Å². The van der Waals surface area contributed by atoms with Crippen molar-refractivity contribution in [3.8, 4) is 5.75 Å². The fourth-order valence-corrected chi connectivity index (χ4v) is 5.76. The number of nitrogens with one attached hydrogen (secondary N) is 1. The van der Waals surface area contributed by atoms with Gasteiger partial charge in [-0.1, -0.05) is 55.5 Å². The van der Waals surface area contributed by atoms with E-state index in [1.54, 1.807) is 18.2 Å². The van der Waals surface area contributed by atoms with Gasteiger partial charge >= 0.3 is 6.18 Å². The number of carbonyl (C=O) groups excluding carboxylic acids is 2. The van der Waals surface area contributed by atoms with E-state index in [2.05, 4.69) is 5.32 Å². The van der Waals surface area contributed by atoms with E-state index in [-0.39, 0.29) is 50.0 Å². The number of methoxy groups -OCH3 is 1. The lowest BCUT2D eigenvalue weighted by Crippen LogP contribution is -2.52. The highest BCUT2D eigenvalue weighted by molar-refractivity contribution is 7.92. The number of hydrogen-bond acceptors (Lipinski definition) is 5. The molecule has 0 bridgehead atoms. The number of carbonyl (C=O) groups is 2. The van der Waals surface area contributed by atoms with E-state index in [1.807, 2.05) is 50.2 Å². The number of rotatable bonds is 15. The van der Waals surface area contributed by atoms with Crippen LogP contribution in [0.5, 0.6) is 5.75 Å². The predicted octanol–water partition coefficient (Wildman–Crippen LogP) is 5.82. The molecule has 3 aromatic rings. The summed E-state index contributed by atoms with van der Waals surface area (Å²) < 4.78 is 71.5. The molecule has 1 N–H and O–H groups in total. The van der Waals surface area contributed by atoms with Crippen LogP contribution in [0, 0.1) is 0 Å². The summed E-state index contributed by atoms with van der Waals surface area (Å²) in [4.78, 5) is 29.1. The first-order chi connectivity index (χ1) is 21.2. The quantitative estimate of drug-likeness (QED) is 0.225. The Labute approximate surface area is 263 Å². The second-order valence-corrected chi connectivity index (χ2v) is 12.8. The monoisotopic (exact) mass is 647 g/mol. The lowest BCUT2D eigenvalue weighted by molar-refractivity contribution is -0.141. The number of halogens is 3. The number of sulfonamides is 1. The Balaban J connectivity index is 1.92. The fraction of sp³-hybridized carbons (Fsp3) is 0.394. The van der Waals surface area contributed by atoms with Crippen molar-refractivity contribution in [2.45, 2.75) is 64.3 Å². The zero-order chi connectivity index (χ0) is 33.2. The summed E-state index contributed by atoms with van der Waals surface area (Å²) in [7, 11) is -2.45. The standard InChI is InChI=1S/C33H40F3N3O5S/c1-5-24(2)37-32(41)30(21-25-12-7-6-8-13-25)38(23-26-14-9-17-29(20-26)44-3)31(40)18-11-19-39(45(4,42)43)28-16-10-15-27(22-28)33(34,35)36/h6-10,12-17,20,22,24,30H,5,11,18-19,21,23H2,1-4H3,(H,37,41)/t24-,30-/m1/s1. The van der Waals surface area contributed by atoms with Crippen molar-refractivity contribution in [2.75, 3.05) is 24.2 Å². The Morgan fingerprint density at radius 3 is 2.24 bits per heavy atom. The molecular formula is C33H40F3N3O5S. The minimum Gasteiger partial charge on any atom is -0.497 e. The van der Waals surface area contributed by atoms with Crippen LogP contribution >= 0.6 is 0 Å². The maximum absolute atomic E-state index is 13.9. The van der Waals surface area contributed by atoms with Gasteiger partial charge in [0.1, 0.15) is 11.8 Å². The minimum atomic E-state index is -4.65. The molecule has 0 radical (unpaired) electrons. The molecule has 3 aromatic carbocycles. The van der Waals surface area contributed by atoms with Gasteiger partial charge in [-0.15, -0.1) is 0 Å². The van der Waals surface area contributed by atoms with Gasteiger partial charge in [0.05, 0.1) is 24.6 Å². The highest BCUT2D eigenvalue weighted by atomic mass is 32.2. The molecule has 0 aliphatic heterocycles. The lowest BCUT2D eigenvalue weighted by Gasteiger charge is -2.33. The largest absolute Gasteiger partial charge is 0.497 e. The topological polar surface area (TPSA) is 96.0 Å². The molecule has 0 heterocycles. The summed E-state index contributed by atoms with van der Waals surface area (Å²) in [6.07, 6.45) is -2.99. The van der Waals surface area contributed by atoms with Crippen molar-refractivity contribution in [3.63, 3.8) is 0 Å². The summed E-state index contributed by atoms with van der Waals surface area (Å²) >= 11 is 0. The number of nitrogens with zero attached hydrogens (tertiary/aromatic N) is 2. The van der Waals surface area contributed by atoms with E-state index >= 15 is 0 Å². The Morgan fingerprint density at radius 1 is 0.956 bits per heavy atom. The second-order valence-electron chi connectivity index (χ2n) is 10.9. The predicted molar refractivity (Wildman–Crippen MR) is 168 cm³/mol. The molecule has 0 spiro atoms. The zero-order valence-electron chi connectivity index (χ0n) is 25.9. The summed E-state index contributed by atoms with van der Waals surface area (Å²) in [5.41, 5.74) is 0.435. The summed E-state index contributed by atoms with van der Waals surface area (Å²) in [5.74, 6) is -0.157. The number of ether oxygens (including phenoxy) is 1. The Kier molecular flexibility index (Phi) is 12.4. The average molecular weight is 648 g/mol. The molecule has 244 valence electrons. The van der Waals surface area contributed by atoms with Crippen LogP contribution in [0.4, 0.5) is 18.9 Å². The van der Waals surface area contributed by atoms with Gasteiger partial charge in [-0.05, 0) is 61.2 Å². The molecule has 0 saturated carbocycles. The normalized spacial score (nSPS) is 13.0. The van der Waals surface area contributed by atoms with Gasteiger partial charge in [0.2, 0.25) is 21.8 Å². The zero-order valence-corrected chi connectivity index (χ0v) is 26.7. The minimum absolute atomic E-state index is 0.00178. The van der Waals surface area contributed by atoms with Gasteiger partial charge in [-0.2, -0.15) is 13.2 Å². The molecule has 0 fully saturated rings. The summed E-state index contributed by atoms with van der Waals surface area (Å²) in [5, 5.41) is 2.99. The molecule has 2 atom stereocenters. The van der Waals surface area contributed by atoms with Crippen molar-refractivity contribution in [1.29, 1.82) is 0 Å². The van der Waals surface area contributed by atoms with E-state index in [1.165, 1.54) is 18.1 Å². The third-order valence-electron chi connectivity index (χ3n) is 7.37. The van der Waals surface area contributed by atoms with Gasteiger partial charge in [0.25, 0.3) is 0 Å². The highest BCUT2D eigenvalue weighted by Crippen LogP contribution is 2.32. The molecule has 45 heavy (non-hydrogen) atoms. The summed E-state index contributed by atoms with van der Waals surface area (Å²) in [6.45, 7) is 3.65. The number of alkyl halides is 3. The van der Waals surface area contributed by atoms with Gasteiger partial charge in [0, 0.05) is 32.0 Å². The fourth-order valence-electron chi connectivity index (χ4n) is 4.80. The average Bonchev–Trinajstić information content (AvgIpc) is 3.00. The summed E-state index contributed by atoms with van der Waals surface area (Å²) in [6, 6.07) is 19.4. The van der Waals surface area contributed by atoms with Crippen molar-refractivity contribution in [3.05, 3.63) is 95.6 Å². The number of benzene rings is 3. The van der Waals surface area contributed by atoms with Crippen LogP contribution in [0.1, 0.15) is 49.8 Å². The maximum atomic E-state index is 13.9. The van der Waals surface area contributed by atoms with Crippen LogP contribution < -0.4 is 14.4 Å². The van der Waals surface area contributed by atoms with Crippen LogP contribution in [0.2, 0.25) is 0 Å². The van der Waals surface area contributed by atoms with Gasteiger partial charge in [0.15, 0.2) is 0 Å². The molecule has 0 saturated heterocycles. The Morgan fingerprint density at radius 2 is 1.62 bits per heavy atom. The molecule has 0 aliphatic rings. The number of hydrogen-bond donors (Lipinski definition) is 1. The smallest absolute Gasteiger partial charge is 0.416 e. The van der Waals surface area contributed by atoms with E-state index in [0.29, 0.717) is 12.2 Å². The first-order valence-electron chi connectivity index (χ1n) is 14.6. The van der Waals surface area contributed by atoms with E-state index in [4.69, 9.17) is 4.74 Å². The molecule has 2 amide bonds. The third-order valence-corrected chi connectivity index (χ3v) is 8.57. The third kappa shape index (κ3) is 10.5. The van der Waals surface area contributed by atoms with Gasteiger partial charge in [-0.25, -0.2) is 8.42 Å². The van der Waals surface area contributed by atoms with Crippen LogP contribution in [0.3, 0.4) is 0 Å². The first-order valence-corrected chi connectivity index (χ1v) is 16.5. The van der Waals surface area contributed by atoms with Crippen molar-refractivity contribution >= 4 is 27.5 Å². The molecule has 8 nitrogen and oxygen atoms in total. The molecular weight excluding hydrogens is 607 g/mol. The van der Waals surface area contributed by atoms with E-state index in [9.17, 15) is 31.2 Å². The second kappa shape index (κ2) is 15.8. The molecule has 0 unspecified atom stereocenters. The first kappa shape index (κ1) is 35.4. The molecule has 0 aromatic heterocycles. The molecule has 3 rings (SSSR count). The van der Waals surface area contributed by atoms with Gasteiger partial charge in [-0.3, -0.25) is 13.9 Å². The number of amides is 2. The molecule has 12 heteroatoms. The van der Waals surface area contributed by atoms with E-state index < -0.39 is 33.7 Å². The van der Waals surface area contributed by atoms with Gasteiger partial charge < -0.3 is 15.0 Å². The SMILES string of the molecule is CC[C@@H](C)NC(=O)[C@@H](Cc1ccccc1)N(Cc1cccc(OC)c1)C(=O)CCCN(c1cccc(C(F)(F)F)c1)S(C)(=O)=O. The van der Waals surface area contributed by atoms with Crippen LogP contribution in [0.15, 0.2) is 78.9 Å². The lowest BCUT2D eigenvalue weighted by atomic mass is 10.0. The Hall–Kier alpha value is -4.06. The van der Waals surface area contributed by atoms with Crippen molar-refractivity contribution < 1.29 is 35.9 Å². The van der Waals surface area contributed by atoms with Crippen molar-refractivity contribution in [2.24, 2.45) is 0 Å². The van der Waals surface area contributed by atoms with Crippen LogP contribution in [-0.2, 0) is 38.8 Å². The highest BCUT2D eigenvalue weighted by Gasteiger charge is 2.33. The Bertz CT molecular complexity index is 1530. The van der Waals surface area contributed by atoms with E-state index in [0.717, 1.165) is 39.9 Å².